The summed E-state index contributed by atoms with van der Waals surface area (Å²) < 4.78 is 0. The molecular formula is C13H8N4O5S. The van der Waals surface area contributed by atoms with E-state index in [0.29, 0.717) is 10.7 Å². The highest BCUT2D eigenvalue weighted by Gasteiger charge is 2.26. The largest absolute Gasteiger partial charge is 0.497 e. The summed E-state index contributed by atoms with van der Waals surface area (Å²) in [6, 6.07) is 9.38. The van der Waals surface area contributed by atoms with Gasteiger partial charge in [0.15, 0.2) is 5.16 Å². The van der Waals surface area contributed by atoms with Crippen LogP contribution >= 0.6 is 11.8 Å². The number of fused-ring (bicyclic) bond motifs is 1. The maximum atomic E-state index is 10.9. The Morgan fingerprint density at radius 3 is 2.26 bits per heavy atom. The molecular weight excluding hydrogens is 324 g/mol. The molecule has 23 heavy (non-hydrogen) atoms. The number of aromatic nitrogens is 2. The SMILES string of the molecule is O=[N+]([O-])c1cc(Sc2nc3ccccc3[nH]2)cc([N+](=O)[O-])c1O. The van der Waals surface area contributed by atoms with E-state index in [9.17, 15) is 25.3 Å². The molecule has 116 valence electrons. The fourth-order valence-electron chi connectivity index (χ4n) is 2.01. The van der Waals surface area contributed by atoms with Crippen LogP contribution < -0.4 is 0 Å². The molecule has 0 unspecified atom stereocenters. The molecule has 0 aliphatic carbocycles. The van der Waals surface area contributed by atoms with Crippen LogP contribution in [0, 0.1) is 20.2 Å². The van der Waals surface area contributed by atoms with E-state index in [-0.39, 0.29) is 4.90 Å². The zero-order valence-electron chi connectivity index (χ0n) is 11.3. The molecule has 0 saturated heterocycles. The minimum Gasteiger partial charge on any atom is -0.497 e. The Balaban J connectivity index is 2.05. The molecule has 9 nitrogen and oxygen atoms in total. The molecule has 1 aromatic heterocycles. The molecule has 2 aromatic carbocycles. The number of aromatic hydroxyl groups is 1. The van der Waals surface area contributed by atoms with Crippen molar-refractivity contribution in [3.63, 3.8) is 0 Å². The smallest absolute Gasteiger partial charge is 0.319 e. The van der Waals surface area contributed by atoms with E-state index in [1.807, 2.05) is 18.2 Å². The lowest BCUT2D eigenvalue weighted by atomic mass is 10.2. The van der Waals surface area contributed by atoms with Crippen molar-refractivity contribution in [3.8, 4) is 5.75 Å². The van der Waals surface area contributed by atoms with E-state index >= 15 is 0 Å². The van der Waals surface area contributed by atoms with Crippen LogP contribution in [0.4, 0.5) is 11.4 Å². The minimum atomic E-state index is -0.964. The molecule has 0 radical (unpaired) electrons. The van der Waals surface area contributed by atoms with Crippen molar-refractivity contribution in [1.82, 2.24) is 9.97 Å². The monoisotopic (exact) mass is 332 g/mol. The Morgan fingerprint density at radius 1 is 1.09 bits per heavy atom. The lowest BCUT2D eigenvalue weighted by Gasteiger charge is -2.02. The van der Waals surface area contributed by atoms with Crippen LogP contribution in [-0.4, -0.2) is 24.9 Å². The standard InChI is InChI=1S/C13H8N4O5S/c18-12-10(16(19)20)5-7(6-11(12)17(21)22)23-13-14-8-3-1-2-4-9(8)15-13/h1-6,18H,(H,14,15). The third kappa shape index (κ3) is 2.79. The third-order valence-corrected chi connectivity index (χ3v) is 3.88. The summed E-state index contributed by atoms with van der Waals surface area (Å²) in [6.07, 6.45) is 0. The van der Waals surface area contributed by atoms with E-state index in [1.54, 1.807) is 6.07 Å². The molecule has 0 amide bonds. The number of H-pyrrole nitrogens is 1. The van der Waals surface area contributed by atoms with E-state index in [1.165, 1.54) is 0 Å². The van der Waals surface area contributed by atoms with Gasteiger partial charge in [0, 0.05) is 17.0 Å². The quantitative estimate of drug-likeness (QED) is 0.553. The number of nitro benzene ring substituents is 2. The van der Waals surface area contributed by atoms with E-state index in [4.69, 9.17) is 0 Å². The summed E-state index contributed by atoms with van der Waals surface area (Å²) in [7, 11) is 0. The van der Waals surface area contributed by atoms with Gasteiger partial charge in [-0.3, -0.25) is 20.2 Å². The Labute approximate surface area is 132 Å². The van der Waals surface area contributed by atoms with Gasteiger partial charge in [-0.05, 0) is 12.1 Å². The molecule has 0 aliphatic heterocycles. The number of hydrogen-bond donors (Lipinski definition) is 2. The number of aromatic amines is 1. The fraction of sp³-hybridized carbons (Fsp3) is 0. The number of imidazole rings is 1. The van der Waals surface area contributed by atoms with E-state index in [2.05, 4.69) is 9.97 Å². The molecule has 10 heteroatoms. The lowest BCUT2D eigenvalue weighted by Crippen LogP contribution is -1.95. The van der Waals surface area contributed by atoms with Gasteiger partial charge in [0.2, 0.25) is 0 Å². The second kappa shape index (κ2) is 5.57. The second-order valence-corrected chi connectivity index (χ2v) is 5.55. The maximum Gasteiger partial charge on any atom is 0.319 e. The molecule has 1 heterocycles. The summed E-state index contributed by atoms with van der Waals surface area (Å²) in [5.41, 5.74) is 0.0335. The predicted molar refractivity (Wildman–Crippen MR) is 81.6 cm³/mol. The number of phenolic OH excluding ortho intramolecular Hbond substituents is 1. The minimum absolute atomic E-state index is 0.222. The first-order chi connectivity index (χ1) is 11.0. The molecule has 0 bridgehead atoms. The van der Waals surface area contributed by atoms with Crippen LogP contribution in [0.2, 0.25) is 0 Å². The van der Waals surface area contributed by atoms with Gasteiger partial charge in [-0.1, -0.05) is 23.9 Å². The van der Waals surface area contributed by atoms with Gasteiger partial charge >= 0.3 is 11.4 Å². The molecule has 0 saturated carbocycles. The Kier molecular flexibility index (Phi) is 3.58. The summed E-state index contributed by atoms with van der Waals surface area (Å²) in [5.74, 6) is -0.964. The zero-order chi connectivity index (χ0) is 16.6. The van der Waals surface area contributed by atoms with Crippen molar-refractivity contribution in [2.45, 2.75) is 10.1 Å². The van der Waals surface area contributed by atoms with Crippen LogP contribution in [0.5, 0.6) is 5.75 Å². The van der Waals surface area contributed by atoms with Crippen molar-refractivity contribution in [3.05, 3.63) is 56.6 Å². The van der Waals surface area contributed by atoms with Crippen LogP contribution in [0.1, 0.15) is 0 Å². The first-order valence-electron chi connectivity index (χ1n) is 6.24. The number of hydrogen-bond acceptors (Lipinski definition) is 7. The molecule has 0 aliphatic rings. The van der Waals surface area contributed by atoms with Crippen molar-refractivity contribution >= 4 is 34.2 Å². The number of benzene rings is 2. The Morgan fingerprint density at radius 2 is 1.70 bits per heavy atom. The zero-order valence-corrected chi connectivity index (χ0v) is 12.1. The highest BCUT2D eigenvalue weighted by Crippen LogP contribution is 2.41. The van der Waals surface area contributed by atoms with Gasteiger partial charge < -0.3 is 10.1 Å². The third-order valence-electron chi connectivity index (χ3n) is 3.02. The van der Waals surface area contributed by atoms with Crippen LogP contribution in [0.25, 0.3) is 11.0 Å². The second-order valence-electron chi connectivity index (χ2n) is 4.49. The Hall–Kier alpha value is -3.14. The summed E-state index contributed by atoms with van der Waals surface area (Å²) in [5, 5.41) is 31.9. The van der Waals surface area contributed by atoms with Crippen molar-refractivity contribution in [2.24, 2.45) is 0 Å². The maximum absolute atomic E-state index is 10.9. The first-order valence-corrected chi connectivity index (χ1v) is 7.06. The van der Waals surface area contributed by atoms with Gasteiger partial charge in [0.1, 0.15) is 0 Å². The number of para-hydroxylation sites is 2. The normalized spacial score (nSPS) is 10.8. The number of phenols is 1. The molecule has 3 aromatic rings. The van der Waals surface area contributed by atoms with Crippen LogP contribution in [0.3, 0.4) is 0 Å². The number of rotatable bonds is 4. The van der Waals surface area contributed by atoms with E-state index < -0.39 is 27.0 Å². The van der Waals surface area contributed by atoms with Gasteiger partial charge in [0.05, 0.1) is 20.9 Å². The van der Waals surface area contributed by atoms with Crippen LogP contribution in [-0.2, 0) is 0 Å². The summed E-state index contributed by atoms with van der Waals surface area (Å²) in [4.78, 5) is 27.6. The fourth-order valence-corrected chi connectivity index (χ4v) is 2.88. The number of nitrogens with one attached hydrogen (secondary N) is 1. The number of nitro groups is 2. The van der Waals surface area contributed by atoms with Crippen molar-refractivity contribution in [1.29, 1.82) is 0 Å². The van der Waals surface area contributed by atoms with Crippen molar-refractivity contribution < 1.29 is 15.0 Å². The molecule has 0 fully saturated rings. The highest BCUT2D eigenvalue weighted by molar-refractivity contribution is 7.99. The lowest BCUT2D eigenvalue weighted by molar-refractivity contribution is -0.396. The molecule has 2 N–H and O–H groups in total. The van der Waals surface area contributed by atoms with Gasteiger partial charge in [-0.2, -0.15) is 0 Å². The molecule has 3 rings (SSSR count). The average Bonchev–Trinajstić information content (AvgIpc) is 2.90. The van der Waals surface area contributed by atoms with Crippen LogP contribution in [0.15, 0.2) is 46.5 Å². The average molecular weight is 332 g/mol. The Bertz CT molecular complexity index is 871. The van der Waals surface area contributed by atoms with E-state index in [0.717, 1.165) is 29.4 Å². The van der Waals surface area contributed by atoms with Crippen molar-refractivity contribution in [2.75, 3.05) is 0 Å². The first kappa shape index (κ1) is 14.8. The summed E-state index contributed by atoms with van der Waals surface area (Å²) >= 11 is 0.999. The number of nitrogens with zero attached hydrogens (tertiary/aromatic N) is 3. The molecule has 0 spiro atoms. The summed E-state index contributed by atoms with van der Waals surface area (Å²) in [6.45, 7) is 0. The highest BCUT2D eigenvalue weighted by atomic mass is 32.2. The predicted octanol–water partition coefficient (Wildman–Crippen LogP) is 3.24. The topological polar surface area (TPSA) is 135 Å². The molecule has 0 atom stereocenters. The van der Waals surface area contributed by atoms with Gasteiger partial charge in [0.25, 0.3) is 5.75 Å². The van der Waals surface area contributed by atoms with Gasteiger partial charge in [-0.15, -0.1) is 0 Å². The van der Waals surface area contributed by atoms with Gasteiger partial charge in [-0.25, -0.2) is 4.98 Å².